The van der Waals surface area contributed by atoms with Gasteiger partial charge in [-0.3, -0.25) is 0 Å². The Kier molecular flexibility index (Phi) is 8.28. The second-order valence-corrected chi connectivity index (χ2v) is 9.19. The van der Waals surface area contributed by atoms with E-state index in [1.54, 1.807) is 0 Å². The number of aliphatic hydroxyl groups is 1. The van der Waals surface area contributed by atoms with Crippen LogP contribution in [-0.4, -0.2) is 41.0 Å². The molecule has 0 spiro atoms. The van der Waals surface area contributed by atoms with Crippen LogP contribution >= 0.6 is 0 Å². The van der Waals surface area contributed by atoms with Gasteiger partial charge in [-0.25, -0.2) is 0 Å². The lowest BCUT2D eigenvalue weighted by atomic mass is 10.0. The lowest BCUT2D eigenvalue weighted by Crippen LogP contribution is -2.22. The van der Waals surface area contributed by atoms with Crippen molar-refractivity contribution in [2.24, 2.45) is 0 Å². The van der Waals surface area contributed by atoms with Gasteiger partial charge in [0, 0.05) is 23.3 Å². The van der Waals surface area contributed by atoms with Crippen molar-refractivity contribution in [2.45, 2.75) is 70.3 Å². The molecule has 1 aliphatic rings. The predicted molar refractivity (Wildman–Crippen MR) is 90.3 cm³/mol. The lowest BCUT2D eigenvalue weighted by Gasteiger charge is -2.21. The minimum Gasteiger partial charge on any atom is -0.392 e. The van der Waals surface area contributed by atoms with Gasteiger partial charge in [-0.2, -0.15) is 0 Å². The Morgan fingerprint density at radius 2 is 2.24 bits per heavy atom. The third kappa shape index (κ3) is 8.42. The second-order valence-electron chi connectivity index (χ2n) is 6.69. The number of aliphatic hydroxyl groups excluding tert-OH is 1. The van der Waals surface area contributed by atoms with Crippen molar-refractivity contribution in [2.75, 3.05) is 13.2 Å². The summed E-state index contributed by atoms with van der Waals surface area (Å²) >= 11 is 0. The molecule has 1 fully saturated rings. The second kappa shape index (κ2) is 9.42. The highest BCUT2D eigenvalue weighted by Crippen LogP contribution is 2.29. The first kappa shape index (κ1) is 18.4. The van der Waals surface area contributed by atoms with Crippen molar-refractivity contribution in [3.05, 3.63) is 11.6 Å². The number of ether oxygens (including phenoxy) is 2. The predicted octanol–water partition coefficient (Wildman–Crippen LogP) is 2.18. The maximum absolute atomic E-state index is 9.91. The Morgan fingerprint density at radius 1 is 1.48 bits per heavy atom. The van der Waals surface area contributed by atoms with Gasteiger partial charge >= 0.3 is 0 Å². The Morgan fingerprint density at radius 3 is 2.86 bits per heavy atom. The number of hydrogen-bond acceptors (Lipinski definition) is 3. The number of allylic oxidation sites excluding steroid dienone is 1. The first-order valence-corrected chi connectivity index (χ1v) is 8.94. The van der Waals surface area contributed by atoms with Crippen molar-refractivity contribution in [1.82, 2.24) is 0 Å². The maximum atomic E-state index is 9.91. The molecule has 120 valence electrons. The molecule has 0 bridgehead atoms. The van der Waals surface area contributed by atoms with Crippen LogP contribution in [0.4, 0.5) is 0 Å². The van der Waals surface area contributed by atoms with E-state index in [4.69, 9.17) is 9.47 Å². The van der Waals surface area contributed by atoms with E-state index in [9.17, 15) is 5.11 Å². The van der Waals surface area contributed by atoms with E-state index in [-0.39, 0.29) is 12.4 Å². The van der Waals surface area contributed by atoms with Crippen LogP contribution in [0.1, 0.15) is 52.9 Å². The van der Waals surface area contributed by atoms with Gasteiger partial charge in [0.1, 0.15) is 6.61 Å². The fourth-order valence-electron chi connectivity index (χ4n) is 1.92. The largest absolute Gasteiger partial charge is 0.392 e. The van der Waals surface area contributed by atoms with Crippen LogP contribution in [0, 0.1) is 11.8 Å². The Hall–Kier alpha value is -0.603. The van der Waals surface area contributed by atoms with Crippen LogP contribution in [0.3, 0.4) is 0 Å². The van der Waals surface area contributed by atoms with Crippen LogP contribution in [0.2, 0.25) is 5.04 Å². The molecule has 1 rings (SSSR count). The molecule has 1 unspecified atom stereocenters. The highest BCUT2D eigenvalue weighted by atomic mass is 28.1. The molecule has 4 heteroatoms. The molecule has 0 radical (unpaired) electrons. The summed E-state index contributed by atoms with van der Waals surface area (Å²) in [5, 5.41) is 10.2. The van der Waals surface area contributed by atoms with Crippen LogP contribution < -0.4 is 0 Å². The zero-order valence-electron chi connectivity index (χ0n) is 13.9. The zero-order chi connectivity index (χ0) is 15.7. The van der Waals surface area contributed by atoms with Gasteiger partial charge in [-0.15, -0.1) is 0 Å². The monoisotopic (exact) mass is 310 g/mol. The normalized spacial score (nSPS) is 21.7. The molecule has 0 aliphatic carbocycles. The molecule has 2 atom stereocenters. The van der Waals surface area contributed by atoms with E-state index >= 15 is 0 Å². The molecule has 1 saturated heterocycles. The van der Waals surface area contributed by atoms with Gasteiger partial charge in [-0.1, -0.05) is 37.3 Å². The summed E-state index contributed by atoms with van der Waals surface area (Å²) in [6.07, 6.45) is 6.11. The van der Waals surface area contributed by atoms with Crippen molar-refractivity contribution in [1.29, 1.82) is 0 Å². The van der Waals surface area contributed by atoms with Crippen molar-refractivity contribution >= 4 is 10.2 Å². The van der Waals surface area contributed by atoms with E-state index in [0.29, 0.717) is 24.5 Å². The van der Waals surface area contributed by atoms with Crippen molar-refractivity contribution < 1.29 is 14.6 Å². The average Bonchev–Trinajstić information content (AvgIpc) is 2.44. The molecule has 1 N–H and O–H groups in total. The molecular formula is C17H30O3Si. The smallest absolute Gasteiger partial charge is 0.158 e. The molecular weight excluding hydrogens is 280 g/mol. The topological polar surface area (TPSA) is 38.7 Å². The van der Waals surface area contributed by atoms with Gasteiger partial charge in [0.2, 0.25) is 0 Å². The fraction of sp³-hybridized carbons (Fsp3) is 0.765. The molecule has 21 heavy (non-hydrogen) atoms. The first-order chi connectivity index (χ1) is 9.89. The van der Waals surface area contributed by atoms with Gasteiger partial charge in [0.25, 0.3) is 0 Å². The van der Waals surface area contributed by atoms with Crippen molar-refractivity contribution in [3.63, 3.8) is 0 Å². The SMILES string of the molecule is CC(=CC[C@@H](O)CC#CCOC1CCCCO1)C(C)(C)[SiH3]. The number of hydrogen-bond donors (Lipinski definition) is 1. The van der Waals surface area contributed by atoms with E-state index < -0.39 is 0 Å². The van der Waals surface area contributed by atoms with E-state index in [1.807, 2.05) is 0 Å². The maximum Gasteiger partial charge on any atom is 0.158 e. The number of rotatable bonds is 6. The third-order valence-electron chi connectivity index (χ3n) is 3.82. The minimum atomic E-state index is -0.387. The molecule has 3 nitrogen and oxygen atoms in total. The van der Waals surface area contributed by atoms with Gasteiger partial charge in [0.15, 0.2) is 6.29 Å². The molecule has 1 heterocycles. The molecule has 0 aromatic heterocycles. The summed E-state index contributed by atoms with van der Waals surface area (Å²) in [5.41, 5.74) is 1.36. The molecule has 1 aliphatic heterocycles. The summed E-state index contributed by atoms with van der Waals surface area (Å²) < 4.78 is 11.0. The van der Waals surface area contributed by atoms with Gasteiger partial charge in [-0.05, 0) is 37.6 Å². The average molecular weight is 311 g/mol. The van der Waals surface area contributed by atoms with Gasteiger partial charge < -0.3 is 14.6 Å². The fourth-order valence-corrected chi connectivity index (χ4v) is 2.12. The molecule has 0 aromatic carbocycles. The van der Waals surface area contributed by atoms with Crippen LogP contribution in [-0.2, 0) is 9.47 Å². The lowest BCUT2D eigenvalue weighted by molar-refractivity contribution is -0.154. The van der Waals surface area contributed by atoms with Crippen LogP contribution in [0.15, 0.2) is 11.6 Å². The van der Waals surface area contributed by atoms with Crippen molar-refractivity contribution in [3.8, 4) is 11.8 Å². The standard InChI is InChI=1S/C17H30O3Si/c1-14(17(2,3)21)10-11-15(18)8-4-6-12-19-16-9-5-7-13-20-16/h10,15-16,18H,5,7-9,11-13H2,1-3,21H3/t15-,16?/m0/s1. The summed E-state index contributed by atoms with van der Waals surface area (Å²) in [5.74, 6) is 5.94. The molecule has 0 aromatic rings. The van der Waals surface area contributed by atoms with Crippen LogP contribution in [0.5, 0.6) is 0 Å². The van der Waals surface area contributed by atoms with E-state index in [1.165, 1.54) is 12.0 Å². The summed E-state index contributed by atoms with van der Waals surface area (Å²) in [7, 11) is 1.12. The summed E-state index contributed by atoms with van der Waals surface area (Å²) in [4.78, 5) is 0. The van der Waals surface area contributed by atoms with Gasteiger partial charge in [0.05, 0.1) is 6.10 Å². The highest BCUT2D eigenvalue weighted by molar-refractivity contribution is 6.16. The van der Waals surface area contributed by atoms with E-state index in [2.05, 4.69) is 38.7 Å². The third-order valence-corrected chi connectivity index (χ3v) is 4.61. The Labute approximate surface area is 132 Å². The summed E-state index contributed by atoms with van der Waals surface area (Å²) in [6.45, 7) is 7.80. The quantitative estimate of drug-likeness (QED) is 0.464. The Balaban J connectivity index is 2.18. The first-order valence-electron chi connectivity index (χ1n) is 7.94. The zero-order valence-corrected chi connectivity index (χ0v) is 15.9. The van der Waals surface area contributed by atoms with E-state index in [0.717, 1.165) is 29.7 Å². The molecule has 0 amide bonds. The Bertz CT molecular complexity index is 381. The highest BCUT2D eigenvalue weighted by Gasteiger charge is 2.13. The van der Waals surface area contributed by atoms with Crippen LogP contribution in [0.25, 0.3) is 0 Å². The minimum absolute atomic E-state index is 0.0838. The molecule has 0 saturated carbocycles. The summed E-state index contributed by atoms with van der Waals surface area (Å²) in [6, 6.07) is 0.